The average Bonchev–Trinajstić information content (AvgIpc) is 3.48. The van der Waals surface area contributed by atoms with Crippen molar-refractivity contribution in [1.29, 1.82) is 0 Å². The molecular weight excluding hydrogens is 408 g/mol. The molecule has 2 aromatic carbocycles. The molecule has 0 fully saturated rings. The predicted molar refractivity (Wildman–Crippen MR) is 122 cm³/mol. The van der Waals surface area contributed by atoms with Crippen LogP contribution in [-0.4, -0.2) is 43.5 Å². The van der Waals surface area contributed by atoms with Crippen molar-refractivity contribution in [3.8, 4) is 0 Å². The summed E-state index contributed by atoms with van der Waals surface area (Å²) in [7, 11) is 1.63. The van der Waals surface area contributed by atoms with Crippen molar-refractivity contribution < 1.29 is 14.3 Å². The number of anilines is 1. The Morgan fingerprint density at radius 1 is 1.10 bits per heavy atom. The maximum absolute atomic E-state index is 14.1. The topological polar surface area (TPSA) is 49.9 Å². The number of carbonyl (C=O) groups excluding carboxylic acids is 2. The molecule has 2 aliphatic rings. The fourth-order valence-corrected chi connectivity index (χ4v) is 5.68. The third-order valence-electron chi connectivity index (χ3n) is 6.23. The molecule has 2 amide bonds. The van der Waals surface area contributed by atoms with Crippen molar-refractivity contribution in [2.45, 2.75) is 18.4 Å². The number of hydrogen-bond donors (Lipinski definition) is 0. The van der Waals surface area contributed by atoms with Gasteiger partial charge in [-0.2, -0.15) is 0 Å². The van der Waals surface area contributed by atoms with E-state index in [1.54, 1.807) is 18.4 Å². The van der Waals surface area contributed by atoms with E-state index in [1.165, 1.54) is 5.56 Å². The Kier molecular flexibility index (Phi) is 5.34. The molecule has 3 aromatic rings. The predicted octanol–water partition coefficient (Wildman–Crippen LogP) is 4.26. The number of hydrogen-bond acceptors (Lipinski definition) is 4. The normalized spacial score (nSPS) is 20.0. The number of fused-ring (bicyclic) bond motifs is 2. The Balaban J connectivity index is 1.64. The molecule has 0 aliphatic carbocycles. The first-order chi connectivity index (χ1) is 15.2. The first kappa shape index (κ1) is 20.0. The Labute approximate surface area is 185 Å². The van der Waals surface area contributed by atoms with Gasteiger partial charge >= 0.3 is 0 Å². The number of methoxy groups -OCH3 is 1. The van der Waals surface area contributed by atoms with Crippen LogP contribution in [0.3, 0.4) is 0 Å². The fourth-order valence-electron chi connectivity index (χ4n) is 4.80. The van der Waals surface area contributed by atoms with Gasteiger partial charge in [0.05, 0.1) is 18.6 Å². The second kappa shape index (κ2) is 8.29. The largest absolute Gasteiger partial charge is 0.383 e. The maximum atomic E-state index is 14.1. The van der Waals surface area contributed by atoms with Crippen LogP contribution in [-0.2, 0) is 16.0 Å². The zero-order chi connectivity index (χ0) is 21.4. The number of para-hydroxylation sites is 1. The molecule has 158 valence electrons. The van der Waals surface area contributed by atoms with Gasteiger partial charge in [-0.25, -0.2) is 0 Å². The molecular formula is C25H24N2O3S. The van der Waals surface area contributed by atoms with Gasteiger partial charge in [-0.3, -0.25) is 9.59 Å². The molecule has 0 radical (unpaired) electrons. The number of rotatable bonds is 5. The highest BCUT2D eigenvalue weighted by molar-refractivity contribution is 7.10. The van der Waals surface area contributed by atoms with Crippen LogP contribution >= 0.6 is 11.3 Å². The van der Waals surface area contributed by atoms with Crippen LogP contribution in [0.25, 0.3) is 0 Å². The summed E-state index contributed by atoms with van der Waals surface area (Å²) in [5.41, 5.74) is 3.60. The van der Waals surface area contributed by atoms with E-state index in [0.717, 1.165) is 22.5 Å². The quantitative estimate of drug-likeness (QED) is 0.605. The molecule has 5 rings (SSSR count). The molecule has 6 heteroatoms. The van der Waals surface area contributed by atoms with Gasteiger partial charge in [0.1, 0.15) is 0 Å². The number of carbonyl (C=O) groups is 2. The van der Waals surface area contributed by atoms with Crippen LogP contribution in [0.15, 0.2) is 66.0 Å². The lowest BCUT2D eigenvalue weighted by Crippen LogP contribution is -2.49. The molecule has 5 nitrogen and oxygen atoms in total. The molecule has 1 aromatic heterocycles. The highest BCUT2D eigenvalue weighted by Crippen LogP contribution is 2.46. The zero-order valence-corrected chi connectivity index (χ0v) is 18.2. The third-order valence-corrected chi connectivity index (χ3v) is 7.17. The highest BCUT2D eigenvalue weighted by atomic mass is 32.1. The van der Waals surface area contributed by atoms with Gasteiger partial charge in [0.25, 0.3) is 5.91 Å². The molecule has 0 bridgehead atoms. The Morgan fingerprint density at radius 2 is 1.90 bits per heavy atom. The van der Waals surface area contributed by atoms with E-state index in [1.807, 2.05) is 69.8 Å². The summed E-state index contributed by atoms with van der Waals surface area (Å²) in [4.78, 5) is 32.3. The van der Waals surface area contributed by atoms with Crippen molar-refractivity contribution in [3.05, 3.63) is 87.6 Å². The molecule has 0 saturated heterocycles. The smallest absolute Gasteiger partial charge is 0.254 e. The monoisotopic (exact) mass is 432 g/mol. The van der Waals surface area contributed by atoms with Crippen LogP contribution in [0.2, 0.25) is 0 Å². The summed E-state index contributed by atoms with van der Waals surface area (Å²) < 4.78 is 5.30. The lowest BCUT2D eigenvalue weighted by atomic mass is 9.81. The minimum absolute atomic E-state index is 0.0445. The van der Waals surface area contributed by atoms with Crippen LogP contribution in [0.4, 0.5) is 5.69 Å². The summed E-state index contributed by atoms with van der Waals surface area (Å²) in [5, 5.41) is 2.00. The Hall–Kier alpha value is -2.96. The highest BCUT2D eigenvalue weighted by Gasteiger charge is 2.46. The number of benzene rings is 2. The van der Waals surface area contributed by atoms with Gasteiger partial charge in [-0.1, -0.05) is 42.5 Å². The minimum atomic E-state index is -0.462. The van der Waals surface area contributed by atoms with Crippen molar-refractivity contribution in [2.75, 3.05) is 31.7 Å². The maximum Gasteiger partial charge on any atom is 0.254 e. The van der Waals surface area contributed by atoms with E-state index < -0.39 is 5.92 Å². The zero-order valence-electron chi connectivity index (χ0n) is 17.4. The molecule has 31 heavy (non-hydrogen) atoms. The van der Waals surface area contributed by atoms with Crippen LogP contribution in [0, 0.1) is 0 Å². The minimum Gasteiger partial charge on any atom is -0.383 e. The standard InChI is InChI=1S/C25H24N2O3S/c1-30-15-14-27-23(21-11-6-16-31-21)22(18-8-3-4-9-19(18)24(27)28)25(29)26-13-12-17-7-2-5-10-20(17)26/h2-11,16,22-23H,12-15H2,1H3/t22-,23-/m1/s1. The Morgan fingerprint density at radius 3 is 2.71 bits per heavy atom. The number of amides is 2. The third kappa shape index (κ3) is 3.36. The molecule has 0 unspecified atom stereocenters. The lowest BCUT2D eigenvalue weighted by molar-refractivity contribution is -0.121. The van der Waals surface area contributed by atoms with Crippen molar-refractivity contribution >= 4 is 28.8 Å². The van der Waals surface area contributed by atoms with E-state index >= 15 is 0 Å². The summed E-state index contributed by atoms with van der Waals surface area (Å²) >= 11 is 1.59. The average molecular weight is 433 g/mol. The van der Waals surface area contributed by atoms with Crippen LogP contribution in [0.1, 0.15) is 38.3 Å². The Bertz CT molecular complexity index is 1110. The molecule has 2 atom stereocenters. The molecule has 0 saturated carbocycles. The molecule has 3 heterocycles. The summed E-state index contributed by atoms with van der Waals surface area (Å²) in [6.45, 7) is 1.52. The van der Waals surface area contributed by atoms with Gasteiger partial charge in [0.2, 0.25) is 5.91 Å². The van der Waals surface area contributed by atoms with E-state index in [9.17, 15) is 9.59 Å². The number of ether oxygens (including phenoxy) is 1. The van der Waals surface area contributed by atoms with E-state index in [2.05, 4.69) is 6.07 Å². The lowest BCUT2D eigenvalue weighted by Gasteiger charge is -2.42. The summed E-state index contributed by atoms with van der Waals surface area (Å²) in [6.07, 6.45) is 0.853. The second-order valence-electron chi connectivity index (χ2n) is 7.89. The first-order valence-electron chi connectivity index (χ1n) is 10.5. The first-order valence-corrected chi connectivity index (χ1v) is 11.4. The number of nitrogens with zero attached hydrogens (tertiary/aromatic N) is 2. The van der Waals surface area contributed by atoms with Gasteiger partial charge in [0.15, 0.2) is 0 Å². The SMILES string of the molecule is COCCN1C(=O)c2ccccc2[C@@H](C(=O)N2CCc3ccccc32)[C@H]1c1cccs1. The van der Waals surface area contributed by atoms with E-state index in [4.69, 9.17) is 4.74 Å². The van der Waals surface area contributed by atoms with Gasteiger partial charge < -0.3 is 14.5 Å². The van der Waals surface area contributed by atoms with Crippen molar-refractivity contribution in [3.63, 3.8) is 0 Å². The molecule has 2 aliphatic heterocycles. The van der Waals surface area contributed by atoms with E-state index in [-0.39, 0.29) is 17.9 Å². The fraction of sp³-hybridized carbons (Fsp3) is 0.280. The second-order valence-corrected chi connectivity index (χ2v) is 8.86. The van der Waals surface area contributed by atoms with Gasteiger partial charge in [-0.05, 0) is 41.1 Å². The van der Waals surface area contributed by atoms with Crippen molar-refractivity contribution in [1.82, 2.24) is 4.90 Å². The van der Waals surface area contributed by atoms with E-state index in [0.29, 0.717) is 25.3 Å². The van der Waals surface area contributed by atoms with Crippen LogP contribution in [0.5, 0.6) is 0 Å². The summed E-state index contributed by atoms with van der Waals surface area (Å²) in [6, 6.07) is 19.3. The molecule has 0 N–H and O–H groups in total. The van der Waals surface area contributed by atoms with Crippen LogP contribution < -0.4 is 4.90 Å². The molecule has 0 spiro atoms. The van der Waals surface area contributed by atoms with Crippen molar-refractivity contribution in [2.24, 2.45) is 0 Å². The number of thiophene rings is 1. The van der Waals surface area contributed by atoms with Gasteiger partial charge in [0, 0.05) is 36.3 Å². The summed E-state index contributed by atoms with van der Waals surface area (Å²) in [5.74, 6) is -0.460. The van der Waals surface area contributed by atoms with Gasteiger partial charge in [-0.15, -0.1) is 11.3 Å².